The lowest BCUT2D eigenvalue weighted by molar-refractivity contribution is 1.30. The lowest BCUT2D eigenvalue weighted by Gasteiger charge is -2.11. The van der Waals surface area contributed by atoms with Crippen LogP contribution >= 0.6 is 27.3 Å². The number of nitrogens with zero attached hydrogens (tertiary/aromatic N) is 1. The zero-order valence-corrected chi connectivity index (χ0v) is 14.9. The third-order valence-corrected chi connectivity index (χ3v) is 5.13. The normalized spacial score (nSPS) is 11.1. The molecule has 1 N–H and O–H groups in total. The minimum Gasteiger partial charge on any atom is -0.331 e. The van der Waals surface area contributed by atoms with Crippen LogP contribution in [0.3, 0.4) is 0 Å². The molecule has 3 rings (SSSR count). The van der Waals surface area contributed by atoms with Crippen molar-refractivity contribution in [1.29, 1.82) is 0 Å². The van der Waals surface area contributed by atoms with Gasteiger partial charge in [-0.3, -0.25) is 0 Å². The van der Waals surface area contributed by atoms with Gasteiger partial charge < -0.3 is 5.32 Å². The number of rotatable bonds is 2. The molecule has 0 saturated heterocycles. The Kier molecular flexibility index (Phi) is 3.76. The summed E-state index contributed by atoms with van der Waals surface area (Å²) in [5.41, 5.74) is 7.25. The fraction of sp³-hybridized carbons (Fsp3) is 0.235. The van der Waals surface area contributed by atoms with E-state index in [1.807, 2.05) is 0 Å². The number of hydrogen-bond donors (Lipinski definition) is 1. The third-order valence-electron chi connectivity index (χ3n) is 3.55. The molecule has 1 aromatic heterocycles. The molecule has 0 fully saturated rings. The van der Waals surface area contributed by atoms with E-state index in [4.69, 9.17) is 4.98 Å². The topological polar surface area (TPSA) is 24.9 Å². The Hall–Kier alpha value is -1.39. The molecule has 0 radical (unpaired) electrons. The molecule has 2 nitrogen and oxygen atoms in total. The van der Waals surface area contributed by atoms with Crippen molar-refractivity contribution in [3.8, 4) is 0 Å². The van der Waals surface area contributed by atoms with E-state index in [-0.39, 0.29) is 0 Å². The highest BCUT2D eigenvalue weighted by Crippen LogP contribution is 2.34. The zero-order chi connectivity index (χ0) is 15.1. The van der Waals surface area contributed by atoms with Gasteiger partial charge in [-0.05, 0) is 56.5 Å². The number of thiazole rings is 1. The van der Waals surface area contributed by atoms with Gasteiger partial charge in [0.2, 0.25) is 0 Å². The molecule has 0 aliphatic carbocycles. The summed E-state index contributed by atoms with van der Waals surface area (Å²) in [5, 5.41) is 4.44. The van der Waals surface area contributed by atoms with Crippen molar-refractivity contribution >= 4 is 48.3 Å². The van der Waals surface area contributed by atoms with Crippen molar-refractivity contribution in [3.63, 3.8) is 0 Å². The van der Waals surface area contributed by atoms with E-state index in [1.165, 1.54) is 27.0 Å². The number of fused-ring (bicyclic) bond motifs is 1. The van der Waals surface area contributed by atoms with Crippen molar-refractivity contribution in [2.45, 2.75) is 27.7 Å². The molecular weight excluding hydrogens is 344 g/mol. The Bertz CT molecular complexity index is 813. The Balaban J connectivity index is 2.05. The first-order valence-corrected chi connectivity index (χ1v) is 8.46. The summed E-state index contributed by atoms with van der Waals surface area (Å²) in [6, 6.07) is 8.60. The van der Waals surface area contributed by atoms with Gasteiger partial charge in [0, 0.05) is 10.2 Å². The van der Waals surface area contributed by atoms with Crippen LogP contribution in [-0.2, 0) is 0 Å². The Morgan fingerprint density at radius 3 is 2.29 bits per heavy atom. The van der Waals surface area contributed by atoms with E-state index in [0.29, 0.717) is 0 Å². The first kappa shape index (κ1) is 14.5. The summed E-state index contributed by atoms with van der Waals surface area (Å²) in [4.78, 5) is 4.71. The molecule has 3 aromatic rings. The molecule has 108 valence electrons. The van der Waals surface area contributed by atoms with Gasteiger partial charge in [-0.1, -0.05) is 45.0 Å². The van der Waals surface area contributed by atoms with E-state index in [9.17, 15) is 0 Å². The number of hydrogen-bond acceptors (Lipinski definition) is 3. The van der Waals surface area contributed by atoms with Crippen LogP contribution in [0.1, 0.15) is 22.3 Å². The summed E-state index contributed by atoms with van der Waals surface area (Å²) < 4.78 is 2.31. The summed E-state index contributed by atoms with van der Waals surface area (Å²) in [6.45, 7) is 8.52. The second kappa shape index (κ2) is 5.43. The van der Waals surface area contributed by atoms with Gasteiger partial charge in [0.05, 0.1) is 10.2 Å². The SMILES string of the molecule is Cc1cc(C)c(Nc2nc3cc(Br)cc(C)c3s2)c(C)c1. The Labute approximate surface area is 137 Å². The summed E-state index contributed by atoms with van der Waals surface area (Å²) >= 11 is 5.24. The maximum Gasteiger partial charge on any atom is 0.188 e. The Morgan fingerprint density at radius 1 is 0.952 bits per heavy atom. The van der Waals surface area contributed by atoms with Crippen LogP contribution in [0.15, 0.2) is 28.7 Å². The lowest BCUT2D eigenvalue weighted by atomic mass is 10.1. The van der Waals surface area contributed by atoms with Gasteiger partial charge in [-0.15, -0.1) is 0 Å². The van der Waals surface area contributed by atoms with Crippen LogP contribution in [-0.4, -0.2) is 4.98 Å². The van der Waals surface area contributed by atoms with Crippen LogP contribution in [0.4, 0.5) is 10.8 Å². The highest BCUT2D eigenvalue weighted by Gasteiger charge is 2.10. The highest BCUT2D eigenvalue weighted by molar-refractivity contribution is 9.10. The molecular formula is C17H17BrN2S. The fourth-order valence-corrected chi connectivity index (χ4v) is 4.17. The van der Waals surface area contributed by atoms with Gasteiger partial charge in [0.15, 0.2) is 5.13 Å². The van der Waals surface area contributed by atoms with Crippen molar-refractivity contribution < 1.29 is 0 Å². The van der Waals surface area contributed by atoms with Gasteiger partial charge >= 0.3 is 0 Å². The van der Waals surface area contributed by atoms with E-state index >= 15 is 0 Å². The van der Waals surface area contributed by atoms with Gasteiger partial charge in [0.1, 0.15) is 0 Å². The van der Waals surface area contributed by atoms with E-state index in [1.54, 1.807) is 11.3 Å². The van der Waals surface area contributed by atoms with Crippen molar-refractivity contribution in [3.05, 3.63) is 51.0 Å². The molecule has 21 heavy (non-hydrogen) atoms. The number of anilines is 2. The highest BCUT2D eigenvalue weighted by atomic mass is 79.9. The number of benzene rings is 2. The number of halogens is 1. The number of aromatic nitrogens is 1. The van der Waals surface area contributed by atoms with Crippen molar-refractivity contribution in [1.82, 2.24) is 4.98 Å². The number of nitrogens with one attached hydrogen (secondary N) is 1. The van der Waals surface area contributed by atoms with E-state index in [2.05, 4.69) is 73.2 Å². The maximum absolute atomic E-state index is 4.71. The Morgan fingerprint density at radius 2 is 1.62 bits per heavy atom. The fourth-order valence-electron chi connectivity index (χ4n) is 2.69. The van der Waals surface area contributed by atoms with Crippen LogP contribution < -0.4 is 5.32 Å². The molecule has 0 amide bonds. The molecule has 4 heteroatoms. The maximum atomic E-state index is 4.71. The van der Waals surface area contributed by atoms with Crippen LogP contribution in [0.25, 0.3) is 10.2 Å². The summed E-state index contributed by atoms with van der Waals surface area (Å²) in [7, 11) is 0. The van der Waals surface area contributed by atoms with Gasteiger partial charge in [-0.25, -0.2) is 4.98 Å². The van der Waals surface area contributed by atoms with Gasteiger partial charge in [-0.2, -0.15) is 0 Å². The van der Waals surface area contributed by atoms with Gasteiger partial charge in [0.25, 0.3) is 0 Å². The lowest BCUT2D eigenvalue weighted by Crippen LogP contribution is -1.96. The minimum absolute atomic E-state index is 0.946. The van der Waals surface area contributed by atoms with Crippen LogP contribution in [0, 0.1) is 27.7 Å². The smallest absolute Gasteiger partial charge is 0.188 e. The predicted octanol–water partition coefficient (Wildman–Crippen LogP) is 6.04. The van der Waals surface area contributed by atoms with E-state index in [0.717, 1.165) is 20.8 Å². The molecule has 0 aliphatic rings. The van der Waals surface area contributed by atoms with Crippen molar-refractivity contribution in [2.75, 3.05) is 5.32 Å². The molecule has 0 bridgehead atoms. The molecule has 2 aromatic carbocycles. The van der Waals surface area contributed by atoms with Crippen LogP contribution in [0.5, 0.6) is 0 Å². The third kappa shape index (κ3) is 2.83. The molecule has 0 atom stereocenters. The first-order valence-electron chi connectivity index (χ1n) is 6.85. The predicted molar refractivity (Wildman–Crippen MR) is 96.0 cm³/mol. The van der Waals surface area contributed by atoms with Crippen molar-refractivity contribution in [2.24, 2.45) is 0 Å². The average Bonchev–Trinajstić information content (AvgIpc) is 2.76. The van der Waals surface area contributed by atoms with E-state index < -0.39 is 0 Å². The second-order valence-corrected chi connectivity index (χ2v) is 7.40. The molecule has 0 unspecified atom stereocenters. The second-order valence-electron chi connectivity index (χ2n) is 5.49. The first-order chi connectivity index (χ1) is 9.94. The quantitative estimate of drug-likeness (QED) is 0.602. The number of aryl methyl sites for hydroxylation is 4. The minimum atomic E-state index is 0.946. The zero-order valence-electron chi connectivity index (χ0n) is 12.5. The largest absolute Gasteiger partial charge is 0.331 e. The van der Waals surface area contributed by atoms with Crippen LogP contribution in [0.2, 0.25) is 0 Å². The monoisotopic (exact) mass is 360 g/mol. The average molecular weight is 361 g/mol. The molecule has 0 aliphatic heterocycles. The molecule has 0 saturated carbocycles. The molecule has 0 spiro atoms. The summed E-state index contributed by atoms with van der Waals surface area (Å²) in [5.74, 6) is 0. The standard InChI is InChI=1S/C17H17BrN2S/c1-9-5-10(2)15(11(3)6-9)20-17-19-14-8-13(18)7-12(4)16(14)21-17/h5-8H,1-4H3,(H,19,20). The molecule has 1 heterocycles. The summed E-state index contributed by atoms with van der Waals surface area (Å²) in [6.07, 6.45) is 0.